The van der Waals surface area contributed by atoms with E-state index in [0.29, 0.717) is 7.11 Å². The molecule has 56 valence electrons. The first-order chi connectivity index (χ1) is 3.81. The summed E-state index contributed by atoms with van der Waals surface area (Å²) in [6, 6.07) is 0. The molecule has 8 heteroatoms. The predicted octanol–water partition coefficient (Wildman–Crippen LogP) is -0.554. The summed E-state index contributed by atoms with van der Waals surface area (Å²) in [6.45, 7) is 0. The highest BCUT2D eigenvalue weighted by atomic mass is 35.8. The maximum absolute atomic E-state index is 10.1. The molecule has 0 fully saturated rings. The van der Waals surface area contributed by atoms with Crippen LogP contribution in [0, 0.1) is 0 Å². The molecule has 9 heavy (non-hydrogen) atoms. The molecule has 0 spiro atoms. The van der Waals surface area contributed by atoms with Crippen LogP contribution in [0.3, 0.4) is 0 Å². The van der Waals surface area contributed by atoms with Crippen LogP contribution < -0.4 is 0 Å². The molecule has 0 aliphatic heterocycles. The van der Waals surface area contributed by atoms with Crippen LogP contribution in [0.2, 0.25) is 0 Å². The van der Waals surface area contributed by atoms with Crippen LogP contribution in [-0.2, 0) is 21.4 Å². The van der Waals surface area contributed by atoms with Crippen LogP contribution in [-0.4, -0.2) is 23.9 Å². The number of halogens is 1. The van der Waals surface area contributed by atoms with E-state index in [2.05, 4.69) is 14.9 Å². The van der Waals surface area contributed by atoms with Gasteiger partial charge in [0.1, 0.15) is 0 Å². The van der Waals surface area contributed by atoms with Crippen molar-refractivity contribution in [1.82, 2.24) is 0 Å². The van der Waals surface area contributed by atoms with Gasteiger partial charge in [0, 0.05) is 10.7 Å². The van der Waals surface area contributed by atoms with Crippen LogP contribution in [0.4, 0.5) is 0 Å². The van der Waals surface area contributed by atoms with Crippen molar-refractivity contribution in [3.8, 4) is 0 Å². The van der Waals surface area contributed by atoms with E-state index in [1.165, 1.54) is 0 Å². The van der Waals surface area contributed by atoms with E-state index >= 15 is 0 Å². The Morgan fingerprint density at radius 2 is 1.56 bits per heavy atom. The molecule has 0 unspecified atom stereocenters. The lowest BCUT2D eigenvalue weighted by Gasteiger charge is -1.91. The Morgan fingerprint density at radius 3 is 1.56 bits per heavy atom. The number of rotatable bonds is 2. The first kappa shape index (κ1) is 9.15. The Hall–Kier alpha value is 0.150. The molecular formula is CH3ClO5S2. The molecule has 5 nitrogen and oxygen atoms in total. The maximum atomic E-state index is 10.1. The minimum absolute atomic E-state index is 0.704. The van der Waals surface area contributed by atoms with Gasteiger partial charge in [-0.25, -0.2) is 0 Å². The van der Waals surface area contributed by atoms with Gasteiger partial charge in [0.15, 0.2) is 0 Å². The Bertz CT molecular complexity index is 270. The van der Waals surface area contributed by atoms with Crippen LogP contribution in [0.1, 0.15) is 0 Å². The lowest BCUT2D eigenvalue weighted by Crippen LogP contribution is -2.09. The molecule has 0 heterocycles. The van der Waals surface area contributed by atoms with Gasteiger partial charge < -0.3 is 0 Å². The fourth-order valence-corrected chi connectivity index (χ4v) is 1.19. The van der Waals surface area contributed by atoms with E-state index in [-0.39, 0.29) is 0 Å². The van der Waals surface area contributed by atoms with Crippen molar-refractivity contribution in [3.05, 3.63) is 0 Å². The molecule has 0 rings (SSSR count). The van der Waals surface area contributed by atoms with Gasteiger partial charge in [0.25, 0.3) is 0 Å². The topological polar surface area (TPSA) is 77.5 Å². The molecule has 0 bridgehead atoms. The highest BCUT2D eigenvalue weighted by molar-refractivity contribution is 8.74. The second-order valence-electron chi connectivity index (χ2n) is 0.968. The fraction of sp³-hybridized carbons (Fsp3) is 1.00. The van der Waals surface area contributed by atoms with E-state index in [1.54, 1.807) is 0 Å². The van der Waals surface area contributed by atoms with E-state index in [4.69, 9.17) is 0 Å². The molecule has 0 N–H and O–H groups in total. The summed E-state index contributed by atoms with van der Waals surface area (Å²) in [5.41, 5.74) is 0. The third kappa shape index (κ3) is 2.09. The Kier molecular flexibility index (Phi) is 2.45. The molecule has 0 saturated carbocycles. The summed E-state index contributed by atoms with van der Waals surface area (Å²) < 4.78 is 43.6. The minimum atomic E-state index is -4.63. The largest absolute Gasteiger partial charge is 0.389 e. The molecule has 0 aliphatic carbocycles. The van der Waals surface area contributed by atoms with Gasteiger partial charge in [-0.1, -0.05) is 0 Å². The highest BCUT2D eigenvalue weighted by Crippen LogP contribution is 2.08. The zero-order chi connectivity index (χ0) is 7.71. The summed E-state index contributed by atoms with van der Waals surface area (Å²) in [6.07, 6.45) is 0. The summed E-state index contributed by atoms with van der Waals surface area (Å²) in [4.78, 5) is 0. The summed E-state index contributed by atoms with van der Waals surface area (Å²) in [7, 11) is -4.14. The van der Waals surface area contributed by atoms with E-state index in [9.17, 15) is 16.8 Å². The van der Waals surface area contributed by atoms with Crippen molar-refractivity contribution in [2.45, 2.75) is 0 Å². The van der Waals surface area contributed by atoms with Crippen LogP contribution in [0.5, 0.6) is 0 Å². The maximum Gasteiger partial charge on any atom is 0.389 e. The predicted molar refractivity (Wildman–Crippen MR) is 30.7 cm³/mol. The van der Waals surface area contributed by atoms with E-state index < -0.39 is 17.2 Å². The molecule has 0 saturated heterocycles. The molecule has 0 aromatic rings. The standard InChI is InChI=1S/CH3ClO5S2/c1-7-9(5,6)8(2,3)4/h1H3. The van der Waals surface area contributed by atoms with Crippen LogP contribution >= 0.6 is 10.7 Å². The van der Waals surface area contributed by atoms with E-state index in [1.807, 2.05) is 0 Å². The molecular weight excluding hydrogens is 192 g/mol. The minimum Gasteiger partial charge on any atom is -0.261 e. The van der Waals surface area contributed by atoms with Gasteiger partial charge in [-0.3, -0.25) is 4.18 Å². The second-order valence-corrected chi connectivity index (χ2v) is 7.21. The summed E-state index contributed by atoms with van der Waals surface area (Å²) >= 11 is 0. The van der Waals surface area contributed by atoms with Gasteiger partial charge >= 0.3 is 17.2 Å². The summed E-state index contributed by atoms with van der Waals surface area (Å²) in [5, 5.41) is 0. The summed E-state index contributed by atoms with van der Waals surface area (Å²) in [5.74, 6) is 0. The van der Waals surface area contributed by atoms with Crippen molar-refractivity contribution in [3.63, 3.8) is 0 Å². The van der Waals surface area contributed by atoms with Crippen molar-refractivity contribution in [2.24, 2.45) is 0 Å². The number of hydrogen-bond acceptors (Lipinski definition) is 5. The average Bonchev–Trinajstić information content (AvgIpc) is 1.64. The Labute approximate surface area is 56.5 Å². The van der Waals surface area contributed by atoms with Gasteiger partial charge in [-0.2, -0.15) is 16.8 Å². The van der Waals surface area contributed by atoms with Crippen LogP contribution in [0.25, 0.3) is 0 Å². The van der Waals surface area contributed by atoms with Gasteiger partial charge in [-0.15, -0.1) is 0 Å². The highest BCUT2D eigenvalue weighted by Gasteiger charge is 2.26. The third-order valence-corrected chi connectivity index (χ3v) is 4.60. The normalized spacial score (nSPS) is 13.6. The van der Waals surface area contributed by atoms with Gasteiger partial charge in [0.2, 0.25) is 0 Å². The van der Waals surface area contributed by atoms with E-state index in [0.717, 1.165) is 0 Å². The molecule has 0 aromatic carbocycles. The van der Waals surface area contributed by atoms with Crippen molar-refractivity contribution < 1.29 is 21.0 Å². The van der Waals surface area contributed by atoms with Crippen molar-refractivity contribution in [2.75, 3.05) is 7.11 Å². The second kappa shape index (κ2) is 2.41. The third-order valence-electron chi connectivity index (χ3n) is 0.448. The monoisotopic (exact) mass is 194 g/mol. The quantitative estimate of drug-likeness (QED) is 0.435. The Balaban J connectivity index is 5.07. The zero-order valence-corrected chi connectivity index (χ0v) is 6.62. The first-order valence-corrected chi connectivity index (χ1v) is 5.80. The smallest absolute Gasteiger partial charge is 0.261 e. The fourth-order valence-electron chi connectivity index (χ4n) is 0.0813. The zero-order valence-electron chi connectivity index (χ0n) is 4.24. The Morgan fingerprint density at radius 1 is 1.22 bits per heavy atom. The van der Waals surface area contributed by atoms with Gasteiger partial charge in [0.05, 0.1) is 7.11 Å². The average molecular weight is 195 g/mol. The molecule has 0 aromatic heterocycles. The van der Waals surface area contributed by atoms with Crippen molar-refractivity contribution >= 4 is 27.9 Å². The number of hydrogen-bond donors (Lipinski definition) is 0. The molecule has 0 radical (unpaired) electrons. The SMILES string of the molecule is COS(=O)(=O)S(=O)(=O)Cl. The molecule has 0 atom stereocenters. The van der Waals surface area contributed by atoms with Crippen LogP contribution in [0.15, 0.2) is 0 Å². The molecule has 0 aliphatic rings. The lowest BCUT2D eigenvalue weighted by molar-refractivity contribution is 0.409. The van der Waals surface area contributed by atoms with Gasteiger partial charge in [-0.05, 0) is 0 Å². The van der Waals surface area contributed by atoms with Crippen molar-refractivity contribution in [1.29, 1.82) is 0 Å². The molecule has 0 amide bonds. The first-order valence-electron chi connectivity index (χ1n) is 1.56. The lowest BCUT2D eigenvalue weighted by atomic mass is 11.8.